The Morgan fingerprint density at radius 3 is 1.16 bits per heavy atom. The van der Waals surface area contributed by atoms with Crippen molar-refractivity contribution in [2.45, 2.75) is 27.7 Å². The van der Waals surface area contributed by atoms with Crippen molar-refractivity contribution in [1.82, 2.24) is 0 Å². The molecular formula is C28H32N2O2. The van der Waals surface area contributed by atoms with Crippen molar-refractivity contribution in [2.75, 3.05) is 36.0 Å². The van der Waals surface area contributed by atoms with E-state index in [2.05, 4.69) is 37.5 Å². The highest BCUT2D eigenvalue weighted by Gasteiger charge is 2.21. The van der Waals surface area contributed by atoms with Crippen molar-refractivity contribution >= 4 is 32.9 Å². The molecule has 0 aliphatic rings. The lowest BCUT2D eigenvalue weighted by molar-refractivity contribution is 0.475. The Balaban J connectivity index is 2.10. The van der Waals surface area contributed by atoms with Crippen LogP contribution in [0.3, 0.4) is 0 Å². The molecule has 0 heterocycles. The minimum Gasteiger partial charge on any atom is -0.507 e. The van der Waals surface area contributed by atoms with E-state index >= 15 is 0 Å². The van der Waals surface area contributed by atoms with Gasteiger partial charge < -0.3 is 20.0 Å². The van der Waals surface area contributed by atoms with Crippen molar-refractivity contribution < 1.29 is 10.2 Å². The summed E-state index contributed by atoms with van der Waals surface area (Å²) in [5.74, 6) is 0.403. The highest BCUT2D eigenvalue weighted by atomic mass is 16.3. The lowest BCUT2D eigenvalue weighted by Crippen LogP contribution is -2.22. The van der Waals surface area contributed by atoms with E-state index in [9.17, 15) is 10.2 Å². The average Bonchev–Trinajstić information content (AvgIpc) is 2.83. The zero-order valence-corrected chi connectivity index (χ0v) is 19.4. The van der Waals surface area contributed by atoms with E-state index in [1.807, 2.05) is 60.7 Å². The molecule has 0 unspecified atom stereocenters. The van der Waals surface area contributed by atoms with Crippen molar-refractivity contribution in [1.29, 1.82) is 0 Å². The molecule has 0 saturated carbocycles. The molecule has 0 aromatic heterocycles. The van der Waals surface area contributed by atoms with Gasteiger partial charge in [0.25, 0.3) is 0 Å². The number of phenols is 2. The molecule has 4 aromatic carbocycles. The minimum absolute atomic E-state index is 0.201. The van der Waals surface area contributed by atoms with Gasteiger partial charge in [-0.05, 0) is 39.8 Å². The molecule has 0 fully saturated rings. The first kappa shape index (κ1) is 21.8. The van der Waals surface area contributed by atoms with Crippen molar-refractivity contribution in [2.24, 2.45) is 0 Å². The summed E-state index contributed by atoms with van der Waals surface area (Å²) in [6.45, 7) is 12.0. The standard InChI is InChI=1S/C28H32N2O2/c1-5-29(6-2)25-17-23(27(31)21-15-11-9-13-19(21)25)24-18-26(30(7-3)8-4)20-14-10-12-16-22(20)28(24)32/h9-18,31-32H,5-8H2,1-4H3. The summed E-state index contributed by atoms with van der Waals surface area (Å²) >= 11 is 0. The summed E-state index contributed by atoms with van der Waals surface area (Å²) < 4.78 is 0. The van der Waals surface area contributed by atoms with Gasteiger partial charge in [-0.2, -0.15) is 0 Å². The van der Waals surface area contributed by atoms with E-state index in [0.29, 0.717) is 11.1 Å². The quantitative estimate of drug-likeness (QED) is 0.341. The van der Waals surface area contributed by atoms with Crippen LogP contribution in [0.4, 0.5) is 11.4 Å². The molecule has 0 aliphatic carbocycles. The molecule has 4 heteroatoms. The van der Waals surface area contributed by atoms with Crippen LogP contribution in [0.2, 0.25) is 0 Å². The maximum absolute atomic E-state index is 11.4. The summed E-state index contributed by atoms with van der Waals surface area (Å²) in [6.07, 6.45) is 0. The number of aromatic hydroxyl groups is 2. The number of hydrogen-bond donors (Lipinski definition) is 2. The highest BCUT2D eigenvalue weighted by molar-refractivity contribution is 6.08. The number of anilines is 2. The Labute approximate surface area is 190 Å². The predicted octanol–water partition coefficient (Wildman–Crippen LogP) is 6.76. The molecule has 4 nitrogen and oxygen atoms in total. The van der Waals surface area contributed by atoms with Gasteiger partial charge in [-0.1, -0.05) is 48.5 Å². The molecule has 32 heavy (non-hydrogen) atoms. The van der Waals surface area contributed by atoms with Gasteiger partial charge in [-0.3, -0.25) is 0 Å². The molecule has 0 saturated heterocycles. The largest absolute Gasteiger partial charge is 0.507 e. The molecule has 166 valence electrons. The maximum atomic E-state index is 11.4. The van der Waals surface area contributed by atoms with E-state index in [1.165, 1.54) is 0 Å². The van der Waals surface area contributed by atoms with Gasteiger partial charge in [0.1, 0.15) is 11.5 Å². The third-order valence-electron chi connectivity index (χ3n) is 6.49. The lowest BCUT2D eigenvalue weighted by atomic mass is 9.93. The van der Waals surface area contributed by atoms with Crippen molar-refractivity contribution in [3.63, 3.8) is 0 Å². The number of benzene rings is 4. The van der Waals surface area contributed by atoms with E-state index < -0.39 is 0 Å². The Morgan fingerprint density at radius 1 is 0.531 bits per heavy atom. The van der Waals surface area contributed by atoms with Crippen LogP contribution < -0.4 is 9.80 Å². The van der Waals surface area contributed by atoms with E-state index in [4.69, 9.17) is 0 Å². The Kier molecular flexibility index (Phi) is 6.13. The number of rotatable bonds is 7. The predicted molar refractivity (Wildman–Crippen MR) is 137 cm³/mol. The average molecular weight is 429 g/mol. The Bertz CT molecular complexity index is 1160. The van der Waals surface area contributed by atoms with Crippen LogP contribution in [-0.2, 0) is 0 Å². The van der Waals surface area contributed by atoms with Crippen LogP contribution in [0.5, 0.6) is 11.5 Å². The maximum Gasteiger partial charge on any atom is 0.131 e. The summed E-state index contributed by atoms with van der Waals surface area (Å²) in [5.41, 5.74) is 3.44. The second kappa shape index (κ2) is 8.99. The smallest absolute Gasteiger partial charge is 0.131 e. The molecule has 0 bridgehead atoms. The SMILES string of the molecule is CCN(CC)c1cc(-c2cc(N(CC)CC)c3ccccc3c2O)c(O)c2ccccc12. The van der Waals surface area contributed by atoms with E-state index in [0.717, 1.165) is 59.1 Å². The van der Waals surface area contributed by atoms with Crippen LogP contribution in [0.25, 0.3) is 32.7 Å². The Morgan fingerprint density at radius 2 is 0.844 bits per heavy atom. The topological polar surface area (TPSA) is 46.9 Å². The number of hydrogen-bond acceptors (Lipinski definition) is 4. The first-order valence-electron chi connectivity index (χ1n) is 11.5. The normalized spacial score (nSPS) is 11.2. The highest BCUT2D eigenvalue weighted by Crippen LogP contribution is 2.48. The fourth-order valence-corrected chi connectivity index (χ4v) is 4.74. The summed E-state index contributed by atoms with van der Waals surface area (Å²) in [6, 6.07) is 19.9. The zero-order valence-electron chi connectivity index (χ0n) is 19.4. The number of nitrogens with zero attached hydrogens (tertiary/aromatic N) is 2. The van der Waals surface area contributed by atoms with Crippen molar-refractivity contribution in [3.8, 4) is 22.6 Å². The number of fused-ring (bicyclic) bond motifs is 2. The third-order valence-corrected chi connectivity index (χ3v) is 6.49. The van der Waals surface area contributed by atoms with Gasteiger partial charge in [0.05, 0.1) is 0 Å². The van der Waals surface area contributed by atoms with Crippen molar-refractivity contribution in [3.05, 3.63) is 60.7 Å². The van der Waals surface area contributed by atoms with Gasteiger partial charge >= 0.3 is 0 Å². The first-order chi connectivity index (χ1) is 15.5. The fraction of sp³-hybridized carbons (Fsp3) is 0.286. The second-order valence-corrected chi connectivity index (χ2v) is 8.02. The molecule has 0 spiro atoms. The van der Waals surface area contributed by atoms with Crippen LogP contribution in [0, 0.1) is 0 Å². The second-order valence-electron chi connectivity index (χ2n) is 8.02. The van der Waals surface area contributed by atoms with E-state index in [-0.39, 0.29) is 11.5 Å². The van der Waals surface area contributed by atoms with Gasteiger partial charge in [0.2, 0.25) is 0 Å². The summed E-state index contributed by atoms with van der Waals surface area (Å²) in [5, 5.41) is 26.3. The van der Waals surface area contributed by atoms with Crippen LogP contribution in [0.15, 0.2) is 60.7 Å². The van der Waals surface area contributed by atoms with Crippen LogP contribution >= 0.6 is 0 Å². The van der Waals surface area contributed by atoms with Gasteiger partial charge in [-0.25, -0.2) is 0 Å². The number of phenolic OH excluding ortho intramolecular Hbond substituents is 2. The summed E-state index contributed by atoms with van der Waals surface area (Å²) in [4.78, 5) is 4.57. The Hall–Kier alpha value is -3.40. The van der Waals surface area contributed by atoms with Crippen LogP contribution in [-0.4, -0.2) is 36.4 Å². The summed E-state index contributed by atoms with van der Waals surface area (Å²) in [7, 11) is 0. The minimum atomic E-state index is 0.201. The lowest BCUT2D eigenvalue weighted by Gasteiger charge is -2.27. The molecule has 0 aliphatic heterocycles. The zero-order chi connectivity index (χ0) is 22.8. The van der Waals surface area contributed by atoms with E-state index in [1.54, 1.807) is 0 Å². The van der Waals surface area contributed by atoms with Crippen LogP contribution in [0.1, 0.15) is 27.7 Å². The monoisotopic (exact) mass is 428 g/mol. The molecule has 4 rings (SSSR count). The van der Waals surface area contributed by atoms with Gasteiger partial charge in [0.15, 0.2) is 0 Å². The molecule has 4 aromatic rings. The van der Waals surface area contributed by atoms with Gasteiger partial charge in [0, 0.05) is 70.2 Å². The first-order valence-corrected chi connectivity index (χ1v) is 11.5. The molecule has 2 N–H and O–H groups in total. The molecule has 0 amide bonds. The van der Waals surface area contributed by atoms with Gasteiger partial charge in [-0.15, -0.1) is 0 Å². The molecule has 0 atom stereocenters. The fourth-order valence-electron chi connectivity index (χ4n) is 4.74. The molecule has 0 radical (unpaired) electrons. The molecular weight excluding hydrogens is 396 g/mol. The third kappa shape index (κ3) is 3.50.